The second kappa shape index (κ2) is 10.2. The Balaban J connectivity index is 0. The smallest absolute Gasteiger partial charge is 0.400 e. The number of halogens is 3. The van der Waals surface area contributed by atoms with Gasteiger partial charge in [-0.2, -0.15) is 13.2 Å². The van der Waals surface area contributed by atoms with Crippen molar-refractivity contribution < 1.29 is 27.8 Å². The first-order valence-electron chi connectivity index (χ1n) is 4.53. The maximum Gasteiger partial charge on any atom is 0.411 e. The van der Waals surface area contributed by atoms with Crippen LogP contribution >= 0.6 is 0 Å². The van der Waals surface area contributed by atoms with E-state index < -0.39 is 12.8 Å². The lowest BCUT2D eigenvalue weighted by Crippen LogP contribution is -2.18. The van der Waals surface area contributed by atoms with Crippen LogP contribution in [0.2, 0.25) is 0 Å². The molecule has 3 nitrogen and oxygen atoms in total. The Morgan fingerprint density at radius 2 is 1.67 bits per heavy atom. The van der Waals surface area contributed by atoms with Gasteiger partial charge >= 0.3 is 6.18 Å². The fourth-order valence-electron chi connectivity index (χ4n) is 0.770. The molecule has 1 aliphatic rings. The molecule has 1 aliphatic carbocycles. The lowest BCUT2D eigenvalue weighted by Gasteiger charge is -2.22. The van der Waals surface area contributed by atoms with Gasteiger partial charge in [0.05, 0.1) is 6.10 Å². The van der Waals surface area contributed by atoms with Crippen LogP contribution in [0.15, 0.2) is 0 Å². The van der Waals surface area contributed by atoms with Crippen molar-refractivity contribution in [3.63, 3.8) is 0 Å². The van der Waals surface area contributed by atoms with Crippen LogP contribution in [0.25, 0.3) is 0 Å². The van der Waals surface area contributed by atoms with E-state index in [0.717, 1.165) is 14.2 Å². The van der Waals surface area contributed by atoms with Crippen molar-refractivity contribution >= 4 is 0 Å². The predicted octanol–water partition coefficient (Wildman–Crippen LogP) is 1.99. The van der Waals surface area contributed by atoms with E-state index in [-0.39, 0.29) is 0 Å². The van der Waals surface area contributed by atoms with Gasteiger partial charge in [0.2, 0.25) is 0 Å². The van der Waals surface area contributed by atoms with Gasteiger partial charge < -0.3 is 14.6 Å². The van der Waals surface area contributed by atoms with Crippen LogP contribution in [0.5, 0.6) is 0 Å². The Morgan fingerprint density at radius 3 is 1.67 bits per heavy atom. The summed E-state index contributed by atoms with van der Waals surface area (Å²) >= 11 is 0. The Morgan fingerprint density at radius 1 is 1.20 bits per heavy atom. The molecule has 1 saturated carbocycles. The first kappa shape index (κ1) is 17.1. The highest BCUT2D eigenvalue weighted by atomic mass is 19.4. The van der Waals surface area contributed by atoms with Crippen LogP contribution in [0.3, 0.4) is 0 Å². The van der Waals surface area contributed by atoms with Crippen molar-refractivity contribution in [2.75, 3.05) is 27.9 Å². The van der Waals surface area contributed by atoms with Crippen molar-refractivity contribution in [1.82, 2.24) is 0 Å². The molecule has 0 radical (unpaired) electrons. The summed E-state index contributed by atoms with van der Waals surface area (Å²) < 4.78 is 41.6. The molecule has 0 bridgehead atoms. The van der Waals surface area contributed by atoms with Gasteiger partial charge in [0.15, 0.2) is 0 Å². The van der Waals surface area contributed by atoms with Gasteiger partial charge in [-0.15, -0.1) is 0 Å². The molecule has 0 atom stereocenters. The van der Waals surface area contributed by atoms with Crippen LogP contribution in [0.4, 0.5) is 13.2 Å². The first-order chi connectivity index (χ1) is 6.99. The monoisotopic (exact) mass is 232 g/mol. The summed E-state index contributed by atoms with van der Waals surface area (Å²) in [7, 11) is 3.79. The topological polar surface area (TPSA) is 38.7 Å². The Hall–Kier alpha value is -0.330. The van der Waals surface area contributed by atoms with Gasteiger partial charge in [0, 0.05) is 21.3 Å². The molecule has 0 aliphatic heterocycles. The van der Waals surface area contributed by atoms with Crippen molar-refractivity contribution in [1.29, 1.82) is 0 Å². The number of ether oxygens (including phenoxy) is 2. The van der Waals surface area contributed by atoms with Crippen LogP contribution in [0.1, 0.15) is 19.3 Å². The largest absolute Gasteiger partial charge is 0.411 e. The molecular formula is C9H19F3O3. The van der Waals surface area contributed by atoms with Gasteiger partial charge in [0.25, 0.3) is 0 Å². The summed E-state index contributed by atoms with van der Waals surface area (Å²) in [5.74, 6) is 0. The molecular weight excluding hydrogens is 213 g/mol. The number of aliphatic hydroxyl groups is 1. The van der Waals surface area contributed by atoms with Crippen LogP contribution in [-0.4, -0.2) is 45.3 Å². The van der Waals surface area contributed by atoms with E-state index in [1.165, 1.54) is 19.3 Å². The zero-order valence-corrected chi connectivity index (χ0v) is 9.30. The van der Waals surface area contributed by atoms with E-state index >= 15 is 0 Å². The first-order valence-corrected chi connectivity index (χ1v) is 4.53. The number of aliphatic hydroxyl groups excluding tert-OH is 1. The number of alkyl halides is 3. The summed E-state index contributed by atoms with van der Waals surface area (Å²) in [5, 5.41) is 7.00. The van der Waals surface area contributed by atoms with Crippen LogP contribution in [-0.2, 0) is 9.47 Å². The minimum Gasteiger partial charge on any atom is -0.400 e. The second-order valence-electron chi connectivity index (χ2n) is 2.84. The van der Waals surface area contributed by atoms with Gasteiger partial charge in [0.1, 0.15) is 6.61 Å². The van der Waals surface area contributed by atoms with E-state index in [4.69, 9.17) is 9.84 Å². The maximum atomic E-state index is 10.9. The molecule has 6 heteroatoms. The summed E-state index contributed by atoms with van der Waals surface area (Å²) in [4.78, 5) is 0. The standard InChI is InChI=1S/C5H10O.C3H5F3O.CH4O/c1-6-5-3-2-4-5;1-7-2-3(4,5)6;1-2/h5H,2-4H2,1H3;2H2,1H3;2H,1H3. The van der Waals surface area contributed by atoms with E-state index in [9.17, 15) is 13.2 Å². The number of hydrogen-bond donors (Lipinski definition) is 1. The van der Waals surface area contributed by atoms with Gasteiger partial charge in [-0.25, -0.2) is 0 Å². The Labute approximate surface area is 88.2 Å². The molecule has 0 aromatic carbocycles. The lowest BCUT2D eigenvalue weighted by molar-refractivity contribution is -0.167. The molecule has 1 rings (SSSR count). The molecule has 1 fully saturated rings. The highest BCUT2D eigenvalue weighted by Gasteiger charge is 2.26. The maximum absolute atomic E-state index is 10.9. The van der Waals surface area contributed by atoms with E-state index in [1.807, 2.05) is 0 Å². The van der Waals surface area contributed by atoms with Gasteiger partial charge in [-0.05, 0) is 19.3 Å². The predicted molar refractivity (Wildman–Crippen MR) is 50.7 cm³/mol. The summed E-state index contributed by atoms with van der Waals surface area (Å²) in [5.41, 5.74) is 0. The lowest BCUT2D eigenvalue weighted by atomic mass is 9.96. The van der Waals surface area contributed by atoms with Crippen molar-refractivity contribution in [3.8, 4) is 0 Å². The van der Waals surface area contributed by atoms with Crippen LogP contribution < -0.4 is 0 Å². The van der Waals surface area contributed by atoms with Crippen molar-refractivity contribution in [2.45, 2.75) is 31.5 Å². The third kappa shape index (κ3) is 13.7. The summed E-state index contributed by atoms with van der Waals surface area (Å²) in [6.07, 6.45) is 0.394. The highest BCUT2D eigenvalue weighted by Crippen LogP contribution is 2.20. The minimum atomic E-state index is -4.17. The molecule has 0 unspecified atom stereocenters. The summed E-state index contributed by atoms with van der Waals surface area (Å²) in [6.45, 7) is -1.16. The Bertz CT molecular complexity index is 122. The average molecular weight is 232 g/mol. The van der Waals surface area contributed by atoms with E-state index in [1.54, 1.807) is 7.11 Å². The SMILES string of the molecule is CO.COC1CCC1.COCC(F)(F)F. The average Bonchev–Trinajstić information content (AvgIpc) is 2.04. The van der Waals surface area contributed by atoms with Crippen LogP contribution in [0, 0.1) is 0 Å². The molecule has 0 amide bonds. The number of methoxy groups -OCH3 is 2. The molecule has 0 saturated heterocycles. The van der Waals surface area contributed by atoms with E-state index in [2.05, 4.69) is 4.74 Å². The molecule has 0 aromatic heterocycles. The quantitative estimate of drug-likeness (QED) is 0.791. The molecule has 0 spiro atoms. The Kier molecular flexibility index (Phi) is 11.6. The van der Waals surface area contributed by atoms with Gasteiger partial charge in [-0.3, -0.25) is 0 Å². The zero-order chi connectivity index (χ0) is 12.3. The van der Waals surface area contributed by atoms with Gasteiger partial charge in [-0.1, -0.05) is 0 Å². The fourth-order valence-corrected chi connectivity index (χ4v) is 0.770. The third-order valence-corrected chi connectivity index (χ3v) is 1.69. The second-order valence-corrected chi connectivity index (χ2v) is 2.84. The molecule has 1 N–H and O–H groups in total. The minimum absolute atomic E-state index is 0.616. The van der Waals surface area contributed by atoms with Crippen molar-refractivity contribution in [2.24, 2.45) is 0 Å². The molecule has 94 valence electrons. The highest BCUT2D eigenvalue weighted by molar-refractivity contribution is 4.67. The number of hydrogen-bond acceptors (Lipinski definition) is 3. The van der Waals surface area contributed by atoms with Crippen molar-refractivity contribution in [3.05, 3.63) is 0 Å². The third-order valence-electron chi connectivity index (χ3n) is 1.69. The molecule has 0 heterocycles. The molecule has 15 heavy (non-hydrogen) atoms. The zero-order valence-electron chi connectivity index (χ0n) is 9.30. The number of rotatable bonds is 2. The normalized spacial score (nSPS) is 15.4. The van der Waals surface area contributed by atoms with E-state index in [0.29, 0.717) is 6.10 Å². The molecule has 0 aromatic rings. The fraction of sp³-hybridized carbons (Fsp3) is 1.00. The summed E-state index contributed by atoms with van der Waals surface area (Å²) in [6, 6.07) is 0.